The van der Waals surface area contributed by atoms with Gasteiger partial charge in [0.15, 0.2) is 5.82 Å². The molecule has 0 fully saturated rings. The number of rotatable bonds is 4. The van der Waals surface area contributed by atoms with Gasteiger partial charge in [-0.2, -0.15) is 4.98 Å². The van der Waals surface area contributed by atoms with E-state index in [9.17, 15) is 0 Å². The Bertz CT molecular complexity index is 411. The van der Waals surface area contributed by atoms with Gasteiger partial charge in [-0.25, -0.2) is 0 Å². The van der Waals surface area contributed by atoms with Crippen molar-refractivity contribution in [2.45, 2.75) is 26.4 Å². The van der Waals surface area contributed by atoms with Gasteiger partial charge in [0.05, 0.1) is 12.1 Å². The Hall–Kier alpha value is -1.27. The van der Waals surface area contributed by atoms with E-state index in [0.717, 1.165) is 0 Å². The number of aryl methyl sites for hydroxylation is 1. The first-order valence-corrected chi connectivity index (χ1v) is 5.54. The third-order valence-electron chi connectivity index (χ3n) is 2.01. The first-order valence-electron chi connectivity index (χ1n) is 4.66. The van der Waals surface area contributed by atoms with Gasteiger partial charge >= 0.3 is 0 Å². The van der Waals surface area contributed by atoms with Crippen LogP contribution in [0.1, 0.15) is 29.6 Å². The van der Waals surface area contributed by atoms with E-state index >= 15 is 0 Å². The Morgan fingerprint density at radius 3 is 3.07 bits per heavy atom. The SMILES string of the molecule is Cc1nc(CNC(C)c2cncs2)no1. The molecule has 0 aromatic carbocycles. The summed E-state index contributed by atoms with van der Waals surface area (Å²) in [6.07, 6.45) is 1.86. The minimum atomic E-state index is 0.260. The van der Waals surface area contributed by atoms with Crippen LogP contribution < -0.4 is 5.32 Å². The van der Waals surface area contributed by atoms with Gasteiger partial charge in [-0.3, -0.25) is 4.98 Å². The fourth-order valence-electron chi connectivity index (χ4n) is 1.20. The lowest BCUT2D eigenvalue weighted by Crippen LogP contribution is -2.17. The Balaban J connectivity index is 1.88. The molecule has 6 heteroatoms. The van der Waals surface area contributed by atoms with E-state index in [4.69, 9.17) is 4.52 Å². The van der Waals surface area contributed by atoms with Crippen molar-refractivity contribution < 1.29 is 4.52 Å². The van der Waals surface area contributed by atoms with Gasteiger partial charge in [-0.15, -0.1) is 11.3 Å². The maximum Gasteiger partial charge on any atom is 0.223 e. The molecule has 0 amide bonds. The number of aromatic nitrogens is 3. The number of hydrogen-bond acceptors (Lipinski definition) is 6. The summed E-state index contributed by atoms with van der Waals surface area (Å²) in [4.78, 5) is 9.35. The van der Waals surface area contributed by atoms with Gasteiger partial charge < -0.3 is 9.84 Å². The van der Waals surface area contributed by atoms with Crippen LogP contribution in [0.3, 0.4) is 0 Å². The average molecular weight is 224 g/mol. The lowest BCUT2D eigenvalue weighted by atomic mass is 10.3. The number of nitrogens with zero attached hydrogens (tertiary/aromatic N) is 3. The number of thiazole rings is 1. The van der Waals surface area contributed by atoms with E-state index in [-0.39, 0.29) is 6.04 Å². The zero-order valence-electron chi connectivity index (χ0n) is 8.60. The summed E-state index contributed by atoms with van der Waals surface area (Å²) in [6.45, 7) is 4.47. The zero-order valence-corrected chi connectivity index (χ0v) is 9.41. The lowest BCUT2D eigenvalue weighted by molar-refractivity contribution is 0.384. The second-order valence-electron chi connectivity index (χ2n) is 3.24. The fraction of sp³-hybridized carbons (Fsp3) is 0.444. The van der Waals surface area contributed by atoms with Crippen molar-refractivity contribution in [3.63, 3.8) is 0 Å². The van der Waals surface area contributed by atoms with E-state index < -0.39 is 0 Å². The van der Waals surface area contributed by atoms with Crippen molar-refractivity contribution in [2.24, 2.45) is 0 Å². The van der Waals surface area contributed by atoms with Crippen LogP contribution in [0.2, 0.25) is 0 Å². The summed E-state index contributed by atoms with van der Waals surface area (Å²) in [5, 5.41) is 7.11. The van der Waals surface area contributed by atoms with Gasteiger partial charge in [0.2, 0.25) is 5.89 Å². The van der Waals surface area contributed by atoms with E-state index in [1.807, 2.05) is 11.7 Å². The smallest absolute Gasteiger partial charge is 0.223 e. The van der Waals surface area contributed by atoms with Gasteiger partial charge in [-0.1, -0.05) is 5.16 Å². The summed E-state index contributed by atoms with van der Waals surface area (Å²) in [7, 11) is 0. The topological polar surface area (TPSA) is 63.8 Å². The van der Waals surface area contributed by atoms with Gasteiger partial charge in [0.1, 0.15) is 0 Å². The molecule has 1 N–H and O–H groups in total. The van der Waals surface area contributed by atoms with Gasteiger partial charge in [0.25, 0.3) is 0 Å². The first-order chi connectivity index (χ1) is 7.25. The van der Waals surface area contributed by atoms with Crippen LogP contribution in [0, 0.1) is 6.92 Å². The molecule has 0 bridgehead atoms. The maximum atomic E-state index is 4.88. The Morgan fingerprint density at radius 1 is 1.60 bits per heavy atom. The highest BCUT2D eigenvalue weighted by Crippen LogP contribution is 2.16. The molecule has 1 atom stereocenters. The molecule has 0 saturated carbocycles. The lowest BCUT2D eigenvalue weighted by Gasteiger charge is -2.08. The summed E-state index contributed by atoms with van der Waals surface area (Å²) >= 11 is 1.63. The molecule has 2 heterocycles. The monoisotopic (exact) mass is 224 g/mol. The quantitative estimate of drug-likeness (QED) is 0.856. The predicted molar refractivity (Wildman–Crippen MR) is 56.4 cm³/mol. The molecular weight excluding hydrogens is 212 g/mol. The van der Waals surface area contributed by atoms with Crippen LogP contribution in [-0.2, 0) is 6.54 Å². The van der Waals surface area contributed by atoms with E-state index in [1.54, 1.807) is 18.3 Å². The summed E-state index contributed by atoms with van der Waals surface area (Å²) in [5.74, 6) is 1.28. The summed E-state index contributed by atoms with van der Waals surface area (Å²) in [5.41, 5.74) is 1.83. The molecule has 80 valence electrons. The maximum absolute atomic E-state index is 4.88. The Kier molecular flexibility index (Phi) is 3.08. The van der Waals surface area contributed by atoms with Crippen molar-refractivity contribution in [2.75, 3.05) is 0 Å². The molecule has 5 nitrogen and oxygen atoms in total. The molecule has 0 saturated heterocycles. The largest absolute Gasteiger partial charge is 0.340 e. The van der Waals surface area contributed by atoms with Crippen molar-refractivity contribution in [3.8, 4) is 0 Å². The van der Waals surface area contributed by atoms with Crippen LogP contribution in [-0.4, -0.2) is 15.1 Å². The van der Waals surface area contributed by atoms with Crippen LogP contribution in [0.4, 0.5) is 0 Å². The standard InChI is InChI=1S/C9H12N4OS/c1-6(8-3-10-5-15-8)11-4-9-12-7(2)14-13-9/h3,5-6,11H,4H2,1-2H3. The number of hydrogen-bond donors (Lipinski definition) is 1. The molecule has 2 rings (SSSR count). The highest BCUT2D eigenvalue weighted by Gasteiger charge is 2.08. The van der Waals surface area contributed by atoms with Crippen LogP contribution in [0.15, 0.2) is 16.2 Å². The second-order valence-corrected chi connectivity index (χ2v) is 4.15. The van der Waals surface area contributed by atoms with Gasteiger partial charge in [0, 0.05) is 24.0 Å². The van der Waals surface area contributed by atoms with Crippen LogP contribution >= 0.6 is 11.3 Å². The summed E-state index contributed by atoms with van der Waals surface area (Å²) < 4.78 is 4.88. The second kappa shape index (κ2) is 4.50. The van der Waals surface area contributed by atoms with Crippen LogP contribution in [0.25, 0.3) is 0 Å². The van der Waals surface area contributed by atoms with Crippen molar-refractivity contribution in [1.29, 1.82) is 0 Å². The third kappa shape index (κ3) is 2.60. The van der Waals surface area contributed by atoms with Gasteiger partial charge in [-0.05, 0) is 6.92 Å². The van der Waals surface area contributed by atoms with E-state index in [2.05, 4.69) is 27.4 Å². The molecule has 0 aliphatic rings. The third-order valence-corrected chi connectivity index (χ3v) is 2.97. The van der Waals surface area contributed by atoms with E-state index in [0.29, 0.717) is 18.3 Å². The summed E-state index contributed by atoms with van der Waals surface area (Å²) in [6, 6.07) is 0.260. The normalized spacial score (nSPS) is 12.9. The molecule has 2 aromatic heterocycles. The Labute approximate surface area is 91.5 Å². The molecule has 0 radical (unpaired) electrons. The fourth-order valence-corrected chi connectivity index (χ4v) is 1.85. The number of nitrogens with one attached hydrogen (secondary N) is 1. The van der Waals surface area contributed by atoms with Crippen molar-refractivity contribution in [1.82, 2.24) is 20.4 Å². The minimum absolute atomic E-state index is 0.260. The average Bonchev–Trinajstić information content (AvgIpc) is 2.84. The molecule has 15 heavy (non-hydrogen) atoms. The van der Waals surface area contributed by atoms with Crippen molar-refractivity contribution >= 4 is 11.3 Å². The predicted octanol–water partition coefficient (Wildman–Crippen LogP) is 1.69. The highest BCUT2D eigenvalue weighted by atomic mass is 32.1. The molecule has 1 unspecified atom stereocenters. The molecule has 0 spiro atoms. The molecule has 0 aliphatic carbocycles. The zero-order chi connectivity index (χ0) is 10.7. The van der Waals surface area contributed by atoms with Crippen LogP contribution in [0.5, 0.6) is 0 Å². The highest BCUT2D eigenvalue weighted by molar-refractivity contribution is 7.09. The first kappa shape index (κ1) is 10.3. The molecule has 2 aromatic rings. The minimum Gasteiger partial charge on any atom is -0.340 e. The van der Waals surface area contributed by atoms with E-state index in [1.165, 1.54) is 4.88 Å². The Morgan fingerprint density at radius 2 is 2.47 bits per heavy atom. The van der Waals surface area contributed by atoms with Crippen molar-refractivity contribution in [3.05, 3.63) is 28.3 Å². The molecular formula is C9H12N4OS. The molecule has 0 aliphatic heterocycles.